The van der Waals surface area contributed by atoms with Crippen molar-refractivity contribution in [2.75, 3.05) is 25.6 Å². The predicted octanol–water partition coefficient (Wildman–Crippen LogP) is 3.58. The smallest absolute Gasteiger partial charge is 0.209 e. The first-order valence-electron chi connectivity index (χ1n) is 10.9. The van der Waals surface area contributed by atoms with Gasteiger partial charge in [-0.2, -0.15) is 4.58 Å². The molecule has 4 heteroatoms. The number of allylic oxidation sites excluding steroid dienone is 1. The summed E-state index contributed by atoms with van der Waals surface area (Å²) in [4.78, 5) is 2.18. The molecule has 0 atom stereocenters. The Labute approximate surface area is 198 Å². The number of ether oxygens (including phenoxy) is 1. The fraction of sp³-hybridized carbons (Fsp3) is 0.250. The molecule has 4 rings (SSSR count). The van der Waals surface area contributed by atoms with Crippen molar-refractivity contribution in [3.63, 3.8) is 0 Å². The van der Waals surface area contributed by atoms with Crippen molar-refractivity contribution in [1.29, 1.82) is 0 Å². The standard InChI is InChI=1S/C28H31N2O.ClH/c1-6-31-24-18-16-23(17-19-24)29(4)22-14-11-21(12-15-22)13-20-27-28(2,3)25-9-7-8-10-26(25)30(27)5;/h7-20H,6H2,1-5H3;1H/q+1;/p-1. The molecule has 0 N–H and O–H groups in total. The average molecular weight is 447 g/mol. The number of benzene rings is 3. The summed E-state index contributed by atoms with van der Waals surface area (Å²) in [6, 6.07) is 25.6. The van der Waals surface area contributed by atoms with Gasteiger partial charge in [0, 0.05) is 36.1 Å². The monoisotopic (exact) mass is 446 g/mol. The van der Waals surface area contributed by atoms with Crippen LogP contribution in [0.5, 0.6) is 5.75 Å². The lowest BCUT2D eigenvalue weighted by molar-refractivity contribution is -0.401. The van der Waals surface area contributed by atoms with E-state index >= 15 is 0 Å². The van der Waals surface area contributed by atoms with Gasteiger partial charge in [-0.05, 0) is 68.8 Å². The minimum atomic E-state index is -0.00431. The molecule has 0 bridgehead atoms. The van der Waals surface area contributed by atoms with Crippen molar-refractivity contribution in [2.24, 2.45) is 0 Å². The first-order chi connectivity index (χ1) is 14.9. The normalized spacial score (nSPS) is 14.3. The van der Waals surface area contributed by atoms with Gasteiger partial charge in [0.05, 0.1) is 12.0 Å². The SMILES string of the molecule is CCOc1ccc(N(C)c2ccc(C=CC3=[N+](C)c4ccccc4C3(C)C)cc2)cc1.[Cl-]. The molecular weight excluding hydrogens is 416 g/mol. The highest BCUT2D eigenvalue weighted by molar-refractivity contribution is 6.05. The zero-order valence-corrected chi connectivity index (χ0v) is 20.2. The summed E-state index contributed by atoms with van der Waals surface area (Å²) in [6.07, 6.45) is 4.46. The Bertz CT molecular complexity index is 1130. The van der Waals surface area contributed by atoms with Crippen LogP contribution in [0.2, 0.25) is 0 Å². The number of para-hydroxylation sites is 1. The molecule has 32 heavy (non-hydrogen) atoms. The quantitative estimate of drug-likeness (QED) is 0.538. The van der Waals surface area contributed by atoms with Gasteiger partial charge in [0.2, 0.25) is 5.69 Å². The third-order valence-corrected chi connectivity index (χ3v) is 6.19. The van der Waals surface area contributed by atoms with Crippen LogP contribution < -0.4 is 22.0 Å². The van der Waals surface area contributed by atoms with Crippen molar-refractivity contribution in [2.45, 2.75) is 26.2 Å². The van der Waals surface area contributed by atoms with Crippen LogP contribution in [-0.4, -0.2) is 31.0 Å². The van der Waals surface area contributed by atoms with E-state index in [9.17, 15) is 0 Å². The molecule has 1 aliphatic heterocycles. The van der Waals surface area contributed by atoms with Gasteiger partial charge in [-0.3, -0.25) is 0 Å². The van der Waals surface area contributed by atoms with E-state index in [1.165, 1.54) is 22.5 Å². The maximum absolute atomic E-state index is 5.54. The number of nitrogens with zero attached hydrogens (tertiary/aromatic N) is 2. The number of fused-ring (bicyclic) bond motifs is 1. The van der Waals surface area contributed by atoms with E-state index in [-0.39, 0.29) is 17.8 Å². The van der Waals surface area contributed by atoms with Gasteiger partial charge < -0.3 is 22.0 Å². The minimum Gasteiger partial charge on any atom is -1.00 e. The van der Waals surface area contributed by atoms with Crippen molar-refractivity contribution in [3.05, 3.63) is 90.0 Å². The van der Waals surface area contributed by atoms with Crippen LogP contribution >= 0.6 is 0 Å². The maximum atomic E-state index is 5.54. The molecule has 0 radical (unpaired) electrons. The number of halogens is 1. The van der Waals surface area contributed by atoms with Gasteiger partial charge in [0.15, 0.2) is 5.71 Å². The molecule has 3 aromatic carbocycles. The van der Waals surface area contributed by atoms with E-state index < -0.39 is 0 Å². The molecule has 0 fully saturated rings. The third-order valence-electron chi connectivity index (χ3n) is 6.19. The Morgan fingerprint density at radius 3 is 2.06 bits per heavy atom. The number of hydrogen-bond donors (Lipinski definition) is 0. The van der Waals surface area contributed by atoms with Crippen molar-refractivity contribution in [3.8, 4) is 5.75 Å². The molecule has 0 spiro atoms. The second-order valence-corrected chi connectivity index (χ2v) is 8.50. The number of hydrogen-bond acceptors (Lipinski definition) is 2. The highest BCUT2D eigenvalue weighted by Gasteiger charge is 2.42. The second-order valence-electron chi connectivity index (χ2n) is 8.50. The van der Waals surface area contributed by atoms with Crippen LogP contribution in [0.3, 0.4) is 0 Å². The molecule has 3 aromatic rings. The lowest BCUT2D eigenvalue weighted by atomic mass is 9.81. The van der Waals surface area contributed by atoms with Gasteiger partial charge in [-0.15, -0.1) is 0 Å². The maximum Gasteiger partial charge on any atom is 0.209 e. The van der Waals surface area contributed by atoms with Gasteiger partial charge in [0.1, 0.15) is 12.8 Å². The molecule has 0 saturated heterocycles. The molecule has 166 valence electrons. The second kappa shape index (κ2) is 9.62. The Balaban J connectivity index is 0.00000289. The van der Waals surface area contributed by atoms with Gasteiger partial charge >= 0.3 is 0 Å². The third kappa shape index (κ3) is 4.44. The van der Waals surface area contributed by atoms with Gasteiger partial charge in [-0.25, -0.2) is 0 Å². The van der Waals surface area contributed by atoms with E-state index in [1.807, 2.05) is 19.1 Å². The molecule has 1 aliphatic rings. The molecule has 0 aliphatic carbocycles. The molecular formula is C28H31ClN2O. The van der Waals surface area contributed by atoms with E-state index in [1.54, 1.807) is 0 Å². The van der Waals surface area contributed by atoms with E-state index in [0.717, 1.165) is 17.1 Å². The Hall–Kier alpha value is -3.04. The predicted molar refractivity (Wildman–Crippen MR) is 131 cm³/mol. The number of anilines is 2. The fourth-order valence-electron chi connectivity index (χ4n) is 4.37. The van der Waals surface area contributed by atoms with Crippen molar-refractivity contribution < 1.29 is 21.7 Å². The molecule has 1 heterocycles. The summed E-state index contributed by atoms with van der Waals surface area (Å²) in [5.74, 6) is 0.902. The van der Waals surface area contributed by atoms with Crippen molar-refractivity contribution >= 4 is 28.8 Å². The van der Waals surface area contributed by atoms with Crippen molar-refractivity contribution in [1.82, 2.24) is 0 Å². The highest BCUT2D eigenvalue weighted by atomic mass is 35.5. The summed E-state index contributed by atoms with van der Waals surface area (Å²) in [7, 11) is 4.24. The molecule has 0 saturated carbocycles. The van der Waals surface area contributed by atoms with Crippen LogP contribution in [-0.2, 0) is 5.41 Å². The van der Waals surface area contributed by atoms with E-state index in [4.69, 9.17) is 4.74 Å². The van der Waals surface area contributed by atoms with E-state index in [0.29, 0.717) is 6.61 Å². The van der Waals surface area contributed by atoms with Crippen LogP contribution in [0, 0.1) is 0 Å². The zero-order valence-electron chi connectivity index (χ0n) is 19.5. The Morgan fingerprint density at radius 2 is 1.47 bits per heavy atom. The van der Waals surface area contributed by atoms with Crippen LogP contribution in [0.4, 0.5) is 17.1 Å². The van der Waals surface area contributed by atoms with E-state index in [2.05, 4.69) is 110 Å². The average Bonchev–Trinajstić information content (AvgIpc) is 2.98. The topological polar surface area (TPSA) is 15.5 Å². The largest absolute Gasteiger partial charge is 1.00 e. The summed E-state index contributed by atoms with van der Waals surface area (Å²) in [5.41, 5.74) is 7.45. The first-order valence-corrected chi connectivity index (χ1v) is 10.9. The fourth-order valence-corrected chi connectivity index (χ4v) is 4.37. The molecule has 0 aromatic heterocycles. The van der Waals surface area contributed by atoms with Crippen LogP contribution in [0.1, 0.15) is 31.9 Å². The first kappa shape index (κ1) is 23.6. The van der Waals surface area contributed by atoms with Gasteiger partial charge in [0.25, 0.3) is 0 Å². The molecule has 0 amide bonds. The number of rotatable bonds is 6. The zero-order chi connectivity index (χ0) is 22.0. The summed E-state index contributed by atoms with van der Waals surface area (Å²) >= 11 is 0. The van der Waals surface area contributed by atoms with Crippen LogP contribution in [0.25, 0.3) is 6.08 Å². The summed E-state index contributed by atoms with van der Waals surface area (Å²) < 4.78 is 7.85. The lowest BCUT2D eigenvalue weighted by Crippen LogP contribution is -3.00. The minimum absolute atomic E-state index is 0. The highest BCUT2D eigenvalue weighted by Crippen LogP contribution is 2.39. The summed E-state index contributed by atoms with van der Waals surface area (Å²) in [6.45, 7) is 7.27. The Morgan fingerprint density at radius 1 is 0.875 bits per heavy atom. The molecule has 0 unspecified atom stereocenters. The van der Waals surface area contributed by atoms with Gasteiger partial charge in [-0.1, -0.05) is 30.3 Å². The summed E-state index contributed by atoms with van der Waals surface area (Å²) in [5, 5.41) is 0. The lowest BCUT2D eigenvalue weighted by Gasteiger charge is -2.20. The molecule has 3 nitrogen and oxygen atoms in total. The van der Waals surface area contributed by atoms with Crippen LogP contribution in [0.15, 0.2) is 78.9 Å². The Kier molecular flexibility index (Phi) is 7.10.